The number of ketones is 1. The normalized spacial score (nSPS) is 17.0. The van der Waals surface area contributed by atoms with E-state index >= 15 is 0 Å². The second kappa shape index (κ2) is 7.50. The molecule has 7 heteroatoms. The van der Waals surface area contributed by atoms with Crippen molar-refractivity contribution >= 4 is 15.8 Å². The van der Waals surface area contributed by atoms with Gasteiger partial charge < -0.3 is 9.30 Å². The fraction of sp³-hybridized carbons (Fsp3) is 0.227. The van der Waals surface area contributed by atoms with Gasteiger partial charge in [-0.2, -0.15) is 0 Å². The summed E-state index contributed by atoms with van der Waals surface area (Å²) in [5.41, 5.74) is 2.59. The monoisotopic (exact) mass is 410 g/mol. The number of nitrogens with zero attached hydrogens (tertiary/aromatic N) is 1. The van der Waals surface area contributed by atoms with Crippen LogP contribution in [0.2, 0.25) is 0 Å². The van der Waals surface area contributed by atoms with Gasteiger partial charge in [-0.3, -0.25) is 4.79 Å². The number of carbonyl (C=O) groups excluding carboxylic acids is 1. The molecule has 2 unspecified atom stereocenters. The fourth-order valence-corrected chi connectivity index (χ4v) is 5.43. The summed E-state index contributed by atoms with van der Waals surface area (Å²) < 4.78 is 31.9. The summed E-state index contributed by atoms with van der Waals surface area (Å²) in [6.07, 6.45) is 0.606. The van der Waals surface area contributed by atoms with Crippen LogP contribution >= 0.6 is 0 Å². The summed E-state index contributed by atoms with van der Waals surface area (Å²) >= 11 is 0. The van der Waals surface area contributed by atoms with Crippen LogP contribution in [0.3, 0.4) is 0 Å². The molecule has 0 amide bonds. The first kappa shape index (κ1) is 19.4. The highest BCUT2D eigenvalue weighted by molar-refractivity contribution is 7.89. The summed E-state index contributed by atoms with van der Waals surface area (Å²) in [6.45, 7) is 0.573. The quantitative estimate of drug-likeness (QED) is 0.632. The molecule has 6 nitrogen and oxygen atoms in total. The lowest BCUT2D eigenvalue weighted by Gasteiger charge is -2.21. The lowest BCUT2D eigenvalue weighted by atomic mass is 9.95. The predicted octanol–water partition coefficient (Wildman–Crippen LogP) is 3.24. The molecule has 0 saturated heterocycles. The highest BCUT2D eigenvalue weighted by Crippen LogP contribution is 2.43. The Bertz CT molecular complexity index is 1140. The molecule has 2 atom stereocenters. The first-order valence-electron chi connectivity index (χ1n) is 9.35. The summed E-state index contributed by atoms with van der Waals surface area (Å²) in [6, 6.07) is 19.6. The first-order valence-corrected chi connectivity index (χ1v) is 11.0. The lowest BCUT2D eigenvalue weighted by molar-refractivity contribution is 0.103. The van der Waals surface area contributed by atoms with Crippen LogP contribution in [0.25, 0.3) is 0 Å². The zero-order valence-electron chi connectivity index (χ0n) is 16.0. The number of hydrogen-bond donors (Lipinski definition) is 1. The van der Waals surface area contributed by atoms with Gasteiger partial charge in [-0.25, -0.2) is 13.6 Å². The molecule has 0 bridgehead atoms. The molecule has 0 radical (unpaired) electrons. The van der Waals surface area contributed by atoms with E-state index < -0.39 is 15.3 Å². The molecule has 0 saturated carbocycles. The zero-order chi connectivity index (χ0) is 20.6. The number of hydrogen-bond acceptors (Lipinski definition) is 4. The van der Waals surface area contributed by atoms with E-state index in [9.17, 15) is 13.2 Å². The number of methoxy groups -OCH3 is 1. The Balaban J connectivity index is 1.70. The molecule has 0 spiro atoms. The summed E-state index contributed by atoms with van der Waals surface area (Å²) in [4.78, 5) is 13.0. The third kappa shape index (κ3) is 3.59. The molecule has 0 aliphatic carbocycles. The molecular formula is C22H22N2O4S. The van der Waals surface area contributed by atoms with Crippen molar-refractivity contribution in [3.8, 4) is 5.75 Å². The van der Waals surface area contributed by atoms with Crippen molar-refractivity contribution in [2.24, 2.45) is 5.14 Å². The minimum atomic E-state index is -3.83. The smallest absolute Gasteiger partial charge is 0.216 e. The van der Waals surface area contributed by atoms with Gasteiger partial charge in [0.15, 0.2) is 0 Å². The summed E-state index contributed by atoms with van der Waals surface area (Å²) in [5.74, 6) is 0.275. The van der Waals surface area contributed by atoms with Crippen LogP contribution in [0, 0.1) is 0 Å². The number of fused-ring (bicyclic) bond motifs is 1. The fourth-order valence-electron chi connectivity index (χ4n) is 4.16. The van der Waals surface area contributed by atoms with Crippen molar-refractivity contribution in [3.63, 3.8) is 0 Å². The van der Waals surface area contributed by atoms with Gasteiger partial charge in [0.2, 0.25) is 15.8 Å². The van der Waals surface area contributed by atoms with E-state index in [0.29, 0.717) is 35.5 Å². The van der Waals surface area contributed by atoms with E-state index in [1.54, 1.807) is 61.7 Å². The summed E-state index contributed by atoms with van der Waals surface area (Å²) in [7, 11) is -2.25. The molecule has 29 heavy (non-hydrogen) atoms. The highest BCUT2D eigenvalue weighted by Gasteiger charge is 2.39. The van der Waals surface area contributed by atoms with Crippen molar-refractivity contribution in [3.05, 3.63) is 89.2 Å². The third-order valence-electron chi connectivity index (χ3n) is 5.49. The number of aromatic nitrogens is 1. The second-order valence-electron chi connectivity index (χ2n) is 7.17. The molecule has 1 aliphatic rings. The standard InChI is InChI=1S/C22H22N2O4S/c1-28-17-9-7-15(8-10-17)21(25)20-12-11-19-18(13-14-24(19)20)22(29(23,26)27)16-5-3-2-4-6-16/h2-12,18,22H,13-14H2,1H3,(H2,23,26,27). The third-order valence-corrected chi connectivity index (χ3v) is 6.80. The van der Waals surface area contributed by atoms with Gasteiger partial charge in [0.1, 0.15) is 11.0 Å². The molecule has 1 aliphatic heterocycles. The average Bonchev–Trinajstić information content (AvgIpc) is 3.30. The van der Waals surface area contributed by atoms with Crippen molar-refractivity contribution < 1.29 is 17.9 Å². The largest absolute Gasteiger partial charge is 0.497 e. The van der Waals surface area contributed by atoms with E-state index in [4.69, 9.17) is 9.88 Å². The number of primary sulfonamides is 1. The van der Waals surface area contributed by atoms with Gasteiger partial charge in [0, 0.05) is 23.7 Å². The maximum atomic E-state index is 13.0. The molecule has 1 aromatic heterocycles. The molecule has 150 valence electrons. The van der Waals surface area contributed by atoms with Crippen LogP contribution in [-0.2, 0) is 16.6 Å². The van der Waals surface area contributed by atoms with E-state index in [2.05, 4.69) is 0 Å². The molecule has 4 rings (SSSR count). The van der Waals surface area contributed by atoms with Gasteiger partial charge in [0.25, 0.3) is 0 Å². The van der Waals surface area contributed by atoms with Gasteiger partial charge in [0.05, 0.1) is 12.8 Å². The molecule has 0 fully saturated rings. The number of nitrogens with two attached hydrogens (primary N) is 1. The Hall–Kier alpha value is -2.90. The Labute approximate surface area is 170 Å². The SMILES string of the molecule is COc1ccc(C(=O)c2ccc3n2CCC3C(c2ccccc2)S(N)(=O)=O)cc1. The van der Waals surface area contributed by atoms with Gasteiger partial charge in [-0.15, -0.1) is 0 Å². The lowest BCUT2D eigenvalue weighted by Crippen LogP contribution is -2.26. The summed E-state index contributed by atoms with van der Waals surface area (Å²) in [5, 5.41) is 4.77. The molecule has 2 aromatic carbocycles. The number of sulfonamides is 1. The second-order valence-corrected chi connectivity index (χ2v) is 8.85. The van der Waals surface area contributed by atoms with E-state index in [1.807, 2.05) is 16.7 Å². The molecule has 2 N–H and O–H groups in total. The first-order chi connectivity index (χ1) is 13.9. The minimum absolute atomic E-state index is 0.105. The Kier molecular flexibility index (Phi) is 5.02. The highest BCUT2D eigenvalue weighted by atomic mass is 32.2. The molecule has 2 heterocycles. The number of carbonyl (C=O) groups is 1. The maximum absolute atomic E-state index is 13.0. The van der Waals surface area contributed by atoms with Crippen LogP contribution in [0.15, 0.2) is 66.7 Å². The van der Waals surface area contributed by atoms with E-state index in [0.717, 1.165) is 5.69 Å². The van der Waals surface area contributed by atoms with Crippen LogP contribution in [0.4, 0.5) is 0 Å². The van der Waals surface area contributed by atoms with Crippen molar-refractivity contribution in [2.75, 3.05) is 7.11 Å². The topological polar surface area (TPSA) is 91.4 Å². The maximum Gasteiger partial charge on any atom is 0.216 e. The van der Waals surface area contributed by atoms with Crippen molar-refractivity contribution in [1.82, 2.24) is 4.57 Å². The van der Waals surface area contributed by atoms with Crippen molar-refractivity contribution in [2.45, 2.75) is 24.1 Å². The number of ether oxygens (including phenoxy) is 1. The van der Waals surface area contributed by atoms with Crippen LogP contribution in [0.5, 0.6) is 5.75 Å². The molecule has 3 aromatic rings. The Morgan fingerprint density at radius 3 is 2.38 bits per heavy atom. The van der Waals surface area contributed by atoms with Crippen LogP contribution in [0.1, 0.15) is 44.9 Å². The van der Waals surface area contributed by atoms with Gasteiger partial charge >= 0.3 is 0 Å². The average molecular weight is 410 g/mol. The number of benzene rings is 2. The number of rotatable bonds is 6. The van der Waals surface area contributed by atoms with Crippen LogP contribution < -0.4 is 9.88 Å². The zero-order valence-corrected chi connectivity index (χ0v) is 16.8. The Morgan fingerprint density at radius 2 is 1.76 bits per heavy atom. The molecular weight excluding hydrogens is 388 g/mol. The van der Waals surface area contributed by atoms with E-state index in [1.165, 1.54) is 0 Å². The van der Waals surface area contributed by atoms with Gasteiger partial charge in [-0.05, 0) is 48.4 Å². The van der Waals surface area contributed by atoms with Gasteiger partial charge in [-0.1, -0.05) is 30.3 Å². The van der Waals surface area contributed by atoms with Crippen LogP contribution in [-0.4, -0.2) is 25.9 Å². The minimum Gasteiger partial charge on any atom is -0.497 e. The van der Waals surface area contributed by atoms with Crippen molar-refractivity contribution in [1.29, 1.82) is 0 Å². The Morgan fingerprint density at radius 1 is 1.07 bits per heavy atom. The predicted molar refractivity (Wildman–Crippen MR) is 111 cm³/mol. The van der Waals surface area contributed by atoms with E-state index in [-0.39, 0.29) is 11.7 Å².